The first-order chi connectivity index (χ1) is 12.3. The zero-order valence-electron chi connectivity index (χ0n) is 14.9. The number of non-ortho nitro benzene ring substituents is 1. The monoisotopic (exact) mass is 363 g/mol. The molecule has 0 aliphatic carbocycles. The number of nitro groups is 1. The Labute approximate surface area is 150 Å². The third-order valence-corrected chi connectivity index (χ3v) is 3.55. The number of nitrogens with zero attached hydrogens (tertiary/aromatic N) is 1. The number of carbonyl (C=O) groups excluding carboxylic acids is 3. The van der Waals surface area contributed by atoms with Crippen molar-refractivity contribution in [1.82, 2.24) is 0 Å². The molecule has 140 valence electrons. The number of benzene rings is 1. The minimum atomic E-state index is -1.32. The topological polar surface area (TPSA) is 113 Å². The van der Waals surface area contributed by atoms with Crippen molar-refractivity contribution in [2.75, 3.05) is 13.2 Å². The average molecular weight is 363 g/mol. The van der Waals surface area contributed by atoms with Crippen molar-refractivity contribution >= 4 is 23.4 Å². The first-order valence-electron chi connectivity index (χ1n) is 8.11. The third kappa shape index (κ3) is 5.51. The van der Waals surface area contributed by atoms with Gasteiger partial charge in [-0.25, -0.2) is 0 Å². The summed E-state index contributed by atoms with van der Waals surface area (Å²) in [6.07, 6.45) is 1.29. The predicted octanol–water partition coefficient (Wildman–Crippen LogP) is 2.86. The van der Waals surface area contributed by atoms with E-state index in [1.54, 1.807) is 20.8 Å². The van der Waals surface area contributed by atoms with Crippen LogP contribution in [0.15, 0.2) is 35.9 Å². The molecule has 0 fully saturated rings. The molecule has 1 rings (SSSR count). The molecule has 0 atom stereocenters. The van der Waals surface area contributed by atoms with Crippen molar-refractivity contribution in [1.29, 1.82) is 0 Å². The van der Waals surface area contributed by atoms with Crippen LogP contribution < -0.4 is 0 Å². The van der Waals surface area contributed by atoms with Gasteiger partial charge in [0.2, 0.25) is 0 Å². The Hall–Kier alpha value is -3.03. The number of Topliss-reactive ketones (excluding diaryl/α,β-unsaturated/α-hetero) is 1. The van der Waals surface area contributed by atoms with E-state index >= 15 is 0 Å². The summed E-state index contributed by atoms with van der Waals surface area (Å²) in [7, 11) is 0. The molecule has 0 unspecified atom stereocenters. The summed E-state index contributed by atoms with van der Waals surface area (Å²) in [6.45, 7) is 4.99. The molecule has 0 aliphatic heterocycles. The van der Waals surface area contributed by atoms with Crippen LogP contribution in [0.4, 0.5) is 5.69 Å². The molecular formula is C18H21NO7. The number of nitro benzene ring substituents is 1. The van der Waals surface area contributed by atoms with E-state index in [0.29, 0.717) is 0 Å². The van der Waals surface area contributed by atoms with Gasteiger partial charge >= 0.3 is 11.9 Å². The summed E-state index contributed by atoms with van der Waals surface area (Å²) in [5.74, 6) is -3.26. The SMILES string of the molecule is C/C=C(\CC(=O)c1ccc([N+](=O)[O-])cc1)C(C(=O)OCC)C(=O)OCC. The molecule has 0 radical (unpaired) electrons. The zero-order valence-corrected chi connectivity index (χ0v) is 14.9. The summed E-state index contributed by atoms with van der Waals surface area (Å²) in [6, 6.07) is 5.10. The maximum Gasteiger partial charge on any atom is 0.324 e. The van der Waals surface area contributed by atoms with E-state index in [9.17, 15) is 24.5 Å². The summed E-state index contributed by atoms with van der Waals surface area (Å²) in [4.78, 5) is 46.9. The fourth-order valence-corrected chi connectivity index (χ4v) is 2.28. The van der Waals surface area contributed by atoms with Gasteiger partial charge in [-0.3, -0.25) is 24.5 Å². The smallest absolute Gasteiger partial charge is 0.324 e. The van der Waals surface area contributed by atoms with Crippen LogP contribution in [0.25, 0.3) is 0 Å². The van der Waals surface area contributed by atoms with Crippen LogP contribution in [0.3, 0.4) is 0 Å². The second-order valence-electron chi connectivity index (χ2n) is 5.20. The van der Waals surface area contributed by atoms with E-state index in [0.717, 1.165) is 0 Å². The fourth-order valence-electron chi connectivity index (χ4n) is 2.28. The van der Waals surface area contributed by atoms with Crippen molar-refractivity contribution in [3.63, 3.8) is 0 Å². The molecule has 0 saturated heterocycles. The molecule has 26 heavy (non-hydrogen) atoms. The van der Waals surface area contributed by atoms with Gasteiger partial charge in [0, 0.05) is 24.1 Å². The summed E-state index contributed by atoms with van der Waals surface area (Å²) < 4.78 is 9.83. The van der Waals surface area contributed by atoms with Crippen LogP contribution in [0.1, 0.15) is 37.6 Å². The quantitative estimate of drug-likeness (QED) is 0.165. The van der Waals surface area contributed by atoms with Crippen LogP contribution in [-0.4, -0.2) is 35.9 Å². The number of ether oxygens (including phenoxy) is 2. The first kappa shape index (κ1) is 21.0. The average Bonchev–Trinajstić information content (AvgIpc) is 2.61. The lowest BCUT2D eigenvalue weighted by Gasteiger charge is -2.17. The molecule has 1 aromatic rings. The molecule has 0 amide bonds. The molecule has 0 aromatic heterocycles. The van der Waals surface area contributed by atoms with E-state index in [2.05, 4.69) is 0 Å². The highest BCUT2D eigenvalue weighted by molar-refractivity contribution is 6.02. The van der Waals surface area contributed by atoms with Crippen LogP contribution in [0.5, 0.6) is 0 Å². The van der Waals surface area contributed by atoms with Gasteiger partial charge in [0.05, 0.1) is 18.1 Å². The largest absolute Gasteiger partial charge is 0.465 e. The number of allylic oxidation sites excluding steroid dienone is 1. The number of esters is 2. The molecule has 1 aromatic carbocycles. The third-order valence-electron chi connectivity index (χ3n) is 3.55. The van der Waals surface area contributed by atoms with Crippen molar-refractivity contribution in [3.8, 4) is 0 Å². The zero-order chi connectivity index (χ0) is 19.7. The summed E-state index contributed by atoms with van der Waals surface area (Å²) in [5, 5.41) is 10.7. The van der Waals surface area contributed by atoms with Crippen molar-refractivity contribution in [2.45, 2.75) is 27.2 Å². The van der Waals surface area contributed by atoms with Gasteiger partial charge in [-0.15, -0.1) is 0 Å². The van der Waals surface area contributed by atoms with Crippen molar-refractivity contribution in [3.05, 3.63) is 51.6 Å². The normalized spacial score (nSPS) is 11.2. The Kier molecular flexibility index (Phi) is 8.14. The number of rotatable bonds is 9. The Morgan fingerprint density at radius 2 is 1.58 bits per heavy atom. The van der Waals surface area contributed by atoms with E-state index in [4.69, 9.17) is 9.47 Å². The Morgan fingerprint density at radius 3 is 1.96 bits per heavy atom. The summed E-state index contributed by atoms with van der Waals surface area (Å²) in [5.41, 5.74) is 0.357. The Bertz CT molecular complexity index is 689. The fraction of sp³-hybridized carbons (Fsp3) is 0.389. The van der Waals surface area contributed by atoms with Gasteiger partial charge < -0.3 is 9.47 Å². The molecular weight excluding hydrogens is 342 g/mol. The van der Waals surface area contributed by atoms with Gasteiger partial charge in [0.25, 0.3) is 5.69 Å². The van der Waals surface area contributed by atoms with Crippen LogP contribution in [-0.2, 0) is 19.1 Å². The molecule has 0 spiro atoms. The number of ketones is 1. The molecule has 0 N–H and O–H groups in total. The highest BCUT2D eigenvalue weighted by Crippen LogP contribution is 2.22. The lowest BCUT2D eigenvalue weighted by atomic mass is 9.92. The number of hydrogen-bond donors (Lipinski definition) is 0. The molecule has 8 nitrogen and oxygen atoms in total. The highest BCUT2D eigenvalue weighted by Gasteiger charge is 2.34. The van der Waals surface area contributed by atoms with E-state index in [1.165, 1.54) is 30.3 Å². The van der Waals surface area contributed by atoms with E-state index in [-0.39, 0.29) is 42.2 Å². The van der Waals surface area contributed by atoms with E-state index < -0.39 is 22.8 Å². The van der Waals surface area contributed by atoms with Gasteiger partial charge in [0.1, 0.15) is 0 Å². The molecule has 0 bridgehead atoms. The maximum absolute atomic E-state index is 12.4. The lowest BCUT2D eigenvalue weighted by molar-refractivity contribution is -0.384. The predicted molar refractivity (Wildman–Crippen MR) is 92.6 cm³/mol. The number of hydrogen-bond acceptors (Lipinski definition) is 7. The standard InChI is InChI=1S/C18H21NO7/c1-4-12(16(17(21)25-5-2)18(22)26-6-3)11-15(20)13-7-9-14(10-8-13)19(23)24/h4,7-10,16H,5-6,11H2,1-3H3/b12-4+. The maximum atomic E-state index is 12.4. The van der Waals surface area contributed by atoms with Crippen LogP contribution >= 0.6 is 0 Å². The Balaban J connectivity index is 3.03. The number of carbonyl (C=O) groups is 3. The molecule has 0 saturated carbocycles. The lowest BCUT2D eigenvalue weighted by Crippen LogP contribution is -2.30. The van der Waals surface area contributed by atoms with Crippen LogP contribution in [0.2, 0.25) is 0 Å². The molecule has 0 aliphatic rings. The second kappa shape index (κ2) is 10.1. The van der Waals surface area contributed by atoms with Gasteiger partial charge in [0.15, 0.2) is 11.7 Å². The van der Waals surface area contributed by atoms with Crippen molar-refractivity contribution < 1.29 is 28.8 Å². The van der Waals surface area contributed by atoms with E-state index in [1.807, 2.05) is 0 Å². The highest BCUT2D eigenvalue weighted by atomic mass is 16.6. The van der Waals surface area contributed by atoms with Gasteiger partial charge in [-0.05, 0) is 38.5 Å². The van der Waals surface area contributed by atoms with Gasteiger partial charge in [-0.2, -0.15) is 0 Å². The second-order valence-corrected chi connectivity index (χ2v) is 5.20. The summed E-state index contributed by atoms with van der Waals surface area (Å²) >= 11 is 0. The molecule has 0 heterocycles. The minimum absolute atomic E-state index is 0.0853. The first-order valence-corrected chi connectivity index (χ1v) is 8.11. The van der Waals surface area contributed by atoms with Crippen LogP contribution in [0, 0.1) is 16.0 Å². The van der Waals surface area contributed by atoms with Gasteiger partial charge in [-0.1, -0.05) is 6.08 Å². The van der Waals surface area contributed by atoms with Crippen molar-refractivity contribution in [2.24, 2.45) is 5.92 Å². The molecule has 8 heteroatoms. The Morgan fingerprint density at radius 1 is 1.08 bits per heavy atom. The minimum Gasteiger partial charge on any atom is -0.465 e.